The molecule has 3 rings (SSSR count). The fraction of sp³-hybridized carbons (Fsp3) is 0.231. The lowest BCUT2D eigenvalue weighted by molar-refractivity contribution is 0.423. The molecule has 0 aliphatic rings. The van der Waals surface area contributed by atoms with Crippen molar-refractivity contribution in [2.24, 2.45) is 5.73 Å². The maximum Gasteiger partial charge on any atom is 0.277 e. The van der Waals surface area contributed by atoms with Crippen LogP contribution in [-0.2, 0) is 12.8 Å². The van der Waals surface area contributed by atoms with Gasteiger partial charge in [0, 0.05) is 30.6 Å². The van der Waals surface area contributed by atoms with Gasteiger partial charge in [-0.1, -0.05) is 11.2 Å². The Balaban J connectivity index is 1.76. The van der Waals surface area contributed by atoms with Crippen LogP contribution in [0.25, 0.3) is 11.6 Å². The van der Waals surface area contributed by atoms with Gasteiger partial charge in [0.15, 0.2) is 5.82 Å². The quantitative estimate of drug-likeness (QED) is 0.767. The summed E-state index contributed by atoms with van der Waals surface area (Å²) >= 11 is 1.55. The zero-order chi connectivity index (χ0) is 13.8. The average molecular weight is 287 g/mol. The standard InChI is InChI=1S/C13H13N5OS/c14-4-3-12-16-10(8-20-12)13-17-11(18-19-13)6-9-2-1-5-15-7-9/h1-2,5,7-8H,3-4,6,14H2. The van der Waals surface area contributed by atoms with Crippen LogP contribution >= 0.6 is 11.3 Å². The zero-order valence-electron chi connectivity index (χ0n) is 10.7. The number of pyridine rings is 1. The van der Waals surface area contributed by atoms with Crippen LogP contribution in [0.3, 0.4) is 0 Å². The summed E-state index contributed by atoms with van der Waals surface area (Å²) in [6, 6.07) is 3.86. The second kappa shape index (κ2) is 5.89. The molecule has 2 N–H and O–H groups in total. The molecule has 0 amide bonds. The maximum atomic E-state index is 5.51. The molecule has 0 atom stereocenters. The van der Waals surface area contributed by atoms with E-state index in [9.17, 15) is 0 Å². The third-order valence-corrected chi connectivity index (χ3v) is 3.59. The lowest BCUT2D eigenvalue weighted by Gasteiger charge is -1.93. The summed E-state index contributed by atoms with van der Waals surface area (Å²) in [6.45, 7) is 0.586. The highest BCUT2D eigenvalue weighted by molar-refractivity contribution is 7.09. The van der Waals surface area contributed by atoms with Crippen LogP contribution in [0.5, 0.6) is 0 Å². The lowest BCUT2D eigenvalue weighted by atomic mass is 10.2. The molecule has 0 radical (unpaired) electrons. The fourth-order valence-electron chi connectivity index (χ4n) is 1.76. The van der Waals surface area contributed by atoms with E-state index >= 15 is 0 Å². The minimum atomic E-state index is 0.448. The van der Waals surface area contributed by atoms with E-state index in [1.807, 2.05) is 17.5 Å². The molecule has 0 spiro atoms. The molecule has 0 unspecified atom stereocenters. The molecule has 0 aliphatic carbocycles. The topological polar surface area (TPSA) is 90.7 Å². The molecular formula is C13H13N5OS. The highest BCUT2D eigenvalue weighted by Gasteiger charge is 2.12. The molecule has 3 aromatic rings. The molecule has 3 aromatic heterocycles. The van der Waals surface area contributed by atoms with E-state index < -0.39 is 0 Å². The molecule has 0 aromatic carbocycles. The Bertz CT molecular complexity index is 679. The van der Waals surface area contributed by atoms with Crippen molar-refractivity contribution in [1.29, 1.82) is 0 Å². The van der Waals surface area contributed by atoms with E-state index in [0.29, 0.717) is 30.4 Å². The first kappa shape index (κ1) is 12.9. The number of rotatable bonds is 5. The van der Waals surface area contributed by atoms with Crippen LogP contribution in [0.15, 0.2) is 34.4 Å². The van der Waals surface area contributed by atoms with Crippen molar-refractivity contribution in [3.05, 3.63) is 46.3 Å². The summed E-state index contributed by atoms with van der Waals surface area (Å²) in [5.74, 6) is 1.07. The highest BCUT2D eigenvalue weighted by atomic mass is 32.1. The van der Waals surface area contributed by atoms with Gasteiger partial charge in [-0.2, -0.15) is 4.98 Å². The monoisotopic (exact) mass is 287 g/mol. The number of nitrogens with zero attached hydrogens (tertiary/aromatic N) is 4. The second-order valence-corrected chi connectivity index (χ2v) is 5.16. The van der Waals surface area contributed by atoms with E-state index in [2.05, 4.69) is 20.1 Å². The predicted octanol–water partition coefficient (Wildman–Crippen LogP) is 1.68. The minimum absolute atomic E-state index is 0.448. The molecule has 6 nitrogen and oxygen atoms in total. The number of nitrogens with two attached hydrogens (primary N) is 1. The molecule has 3 heterocycles. The van der Waals surface area contributed by atoms with Gasteiger partial charge in [-0.3, -0.25) is 4.98 Å². The van der Waals surface area contributed by atoms with Crippen molar-refractivity contribution >= 4 is 11.3 Å². The molecular weight excluding hydrogens is 274 g/mol. The molecule has 7 heteroatoms. The van der Waals surface area contributed by atoms with E-state index in [4.69, 9.17) is 10.3 Å². The van der Waals surface area contributed by atoms with Crippen LogP contribution in [0.2, 0.25) is 0 Å². The van der Waals surface area contributed by atoms with Gasteiger partial charge in [-0.15, -0.1) is 11.3 Å². The van der Waals surface area contributed by atoms with Gasteiger partial charge in [0.1, 0.15) is 5.69 Å². The minimum Gasteiger partial charge on any atom is -0.332 e. The van der Waals surface area contributed by atoms with Crippen molar-refractivity contribution in [2.45, 2.75) is 12.8 Å². The largest absolute Gasteiger partial charge is 0.332 e. The SMILES string of the molecule is NCCc1nc(-c2nc(Cc3cccnc3)no2)cs1. The third kappa shape index (κ3) is 2.89. The van der Waals surface area contributed by atoms with Crippen LogP contribution < -0.4 is 5.73 Å². The van der Waals surface area contributed by atoms with Crippen molar-refractivity contribution in [1.82, 2.24) is 20.1 Å². The van der Waals surface area contributed by atoms with Gasteiger partial charge in [0.25, 0.3) is 5.89 Å². The van der Waals surface area contributed by atoms with Crippen LogP contribution in [0, 0.1) is 0 Å². The Morgan fingerprint density at radius 2 is 2.25 bits per heavy atom. The zero-order valence-corrected chi connectivity index (χ0v) is 11.5. The van der Waals surface area contributed by atoms with Crippen molar-refractivity contribution in [3.63, 3.8) is 0 Å². The Labute approximate surface area is 119 Å². The van der Waals surface area contributed by atoms with E-state index in [1.54, 1.807) is 23.7 Å². The summed E-state index contributed by atoms with van der Waals surface area (Å²) in [7, 11) is 0. The number of hydrogen-bond acceptors (Lipinski definition) is 7. The maximum absolute atomic E-state index is 5.51. The number of thiazole rings is 1. The lowest BCUT2D eigenvalue weighted by Crippen LogP contribution is -2.01. The molecule has 102 valence electrons. The Morgan fingerprint density at radius 3 is 3.05 bits per heavy atom. The molecule has 0 bridgehead atoms. The van der Waals surface area contributed by atoms with Gasteiger partial charge in [-0.25, -0.2) is 4.98 Å². The van der Waals surface area contributed by atoms with E-state index in [-0.39, 0.29) is 0 Å². The summed E-state index contributed by atoms with van der Waals surface area (Å²) in [5, 5.41) is 6.86. The highest BCUT2D eigenvalue weighted by Crippen LogP contribution is 2.20. The smallest absolute Gasteiger partial charge is 0.277 e. The first-order valence-corrected chi connectivity index (χ1v) is 7.09. The van der Waals surface area contributed by atoms with E-state index in [1.165, 1.54) is 0 Å². The number of hydrogen-bond donors (Lipinski definition) is 1. The third-order valence-electron chi connectivity index (χ3n) is 2.68. The van der Waals surface area contributed by atoms with Crippen LogP contribution in [-0.4, -0.2) is 26.7 Å². The summed E-state index contributed by atoms with van der Waals surface area (Å²) < 4.78 is 5.25. The van der Waals surface area contributed by atoms with Crippen molar-refractivity contribution in [3.8, 4) is 11.6 Å². The summed E-state index contributed by atoms with van der Waals surface area (Å²) in [5.41, 5.74) is 7.26. The Morgan fingerprint density at radius 1 is 1.30 bits per heavy atom. The molecule has 0 saturated heterocycles. The molecule has 20 heavy (non-hydrogen) atoms. The van der Waals surface area contributed by atoms with Crippen molar-refractivity contribution in [2.75, 3.05) is 6.54 Å². The van der Waals surface area contributed by atoms with Gasteiger partial charge in [-0.05, 0) is 18.2 Å². The molecule has 0 aliphatic heterocycles. The first-order chi connectivity index (χ1) is 9.85. The van der Waals surface area contributed by atoms with Crippen molar-refractivity contribution < 1.29 is 4.52 Å². The van der Waals surface area contributed by atoms with Gasteiger partial charge in [0.05, 0.1) is 5.01 Å². The van der Waals surface area contributed by atoms with Crippen LogP contribution in [0.1, 0.15) is 16.4 Å². The molecule has 0 saturated carbocycles. The molecule has 0 fully saturated rings. The summed E-state index contributed by atoms with van der Waals surface area (Å²) in [4.78, 5) is 12.8. The first-order valence-electron chi connectivity index (χ1n) is 6.21. The second-order valence-electron chi connectivity index (χ2n) is 4.22. The predicted molar refractivity (Wildman–Crippen MR) is 75.2 cm³/mol. The average Bonchev–Trinajstić information content (AvgIpc) is 3.10. The Kier molecular flexibility index (Phi) is 3.80. The summed E-state index contributed by atoms with van der Waals surface area (Å²) in [6.07, 6.45) is 4.89. The number of aromatic nitrogens is 4. The van der Waals surface area contributed by atoms with Crippen LogP contribution in [0.4, 0.5) is 0 Å². The van der Waals surface area contributed by atoms with Gasteiger partial charge in [0.2, 0.25) is 0 Å². The van der Waals surface area contributed by atoms with E-state index in [0.717, 1.165) is 17.0 Å². The normalized spacial score (nSPS) is 10.8. The van der Waals surface area contributed by atoms with Gasteiger partial charge >= 0.3 is 0 Å². The van der Waals surface area contributed by atoms with Gasteiger partial charge < -0.3 is 10.3 Å². The Hall–Kier alpha value is -2.12. The fourth-order valence-corrected chi connectivity index (χ4v) is 2.55.